The Hall–Kier alpha value is -0.570. The van der Waals surface area contributed by atoms with Crippen molar-refractivity contribution in [3.8, 4) is 0 Å². The van der Waals surface area contributed by atoms with Crippen molar-refractivity contribution in [2.75, 3.05) is 0 Å². The molecule has 2 unspecified atom stereocenters. The highest BCUT2D eigenvalue weighted by Crippen LogP contribution is 2.31. The zero-order chi connectivity index (χ0) is 8.72. The first-order valence-electron chi connectivity index (χ1n) is 4.82. The van der Waals surface area contributed by atoms with Gasteiger partial charge in [0.1, 0.15) is 0 Å². The summed E-state index contributed by atoms with van der Waals surface area (Å²) in [6.45, 7) is 4.08. The zero-order valence-corrected chi connectivity index (χ0v) is 7.71. The van der Waals surface area contributed by atoms with E-state index in [1.165, 1.54) is 12.8 Å². The first kappa shape index (κ1) is 8.05. The van der Waals surface area contributed by atoms with E-state index < -0.39 is 0 Å². The van der Waals surface area contributed by atoms with E-state index >= 15 is 0 Å². The first-order valence-corrected chi connectivity index (χ1v) is 4.82. The van der Waals surface area contributed by atoms with Crippen LogP contribution < -0.4 is 5.32 Å². The zero-order valence-electron chi connectivity index (χ0n) is 7.71. The Kier molecular flexibility index (Phi) is 1.83. The van der Waals surface area contributed by atoms with Crippen LogP contribution in [-0.2, 0) is 4.79 Å². The van der Waals surface area contributed by atoms with Crippen LogP contribution in [0.15, 0.2) is 0 Å². The Morgan fingerprint density at radius 2 is 2.25 bits per heavy atom. The van der Waals surface area contributed by atoms with Crippen LogP contribution >= 0.6 is 0 Å². The molecule has 1 N–H and O–H groups in total. The quantitative estimate of drug-likeness (QED) is 0.658. The van der Waals surface area contributed by atoms with Gasteiger partial charge in [-0.1, -0.05) is 6.92 Å². The van der Waals surface area contributed by atoms with Crippen molar-refractivity contribution in [2.24, 2.45) is 0 Å². The second-order valence-electron chi connectivity index (χ2n) is 3.79. The molecular weight excluding hydrogens is 152 g/mol. The molecule has 0 bridgehead atoms. The van der Waals surface area contributed by atoms with Gasteiger partial charge in [-0.25, -0.2) is 0 Å². The molecule has 2 atom stereocenters. The van der Waals surface area contributed by atoms with Crippen molar-refractivity contribution in [3.05, 3.63) is 0 Å². The van der Waals surface area contributed by atoms with E-state index in [0.717, 1.165) is 6.42 Å². The summed E-state index contributed by atoms with van der Waals surface area (Å²) in [4.78, 5) is 13.7. The molecule has 3 nitrogen and oxygen atoms in total. The van der Waals surface area contributed by atoms with Crippen molar-refractivity contribution >= 4 is 5.91 Å². The van der Waals surface area contributed by atoms with E-state index in [0.29, 0.717) is 18.1 Å². The van der Waals surface area contributed by atoms with Gasteiger partial charge in [0.25, 0.3) is 0 Å². The van der Waals surface area contributed by atoms with E-state index in [4.69, 9.17) is 0 Å². The van der Waals surface area contributed by atoms with Crippen molar-refractivity contribution in [3.63, 3.8) is 0 Å². The molecular formula is C9H16N2O. The first-order chi connectivity index (χ1) is 5.74. The highest BCUT2D eigenvalue weighted by molar-refractivity contribution is 5.84. The predicted molar refractivity (Wildman–Crippen MR) is 46.5 cm³/mol. The second-order valence-corrected chi connectivity index (χ2v) is 3.79. The number of nitrogens with zero attached hydrogens (tertiary/aromatic N) is 1. The number of hydrogen-bond donors (Lipinski definition) is 1. The largest absolute Gasteiger partial charge is 0.323 e. The minimum absolute atomic E-state index is 0.0375. The fraction of sp³-hybridized carbons (Fsp3) is 0.889. The van der Waals surface area contributed by atoms with E-state index in [1.807, 2.05) is 11.8 Å². The van der Waals surface area contributed by atoms with Crippen LogP contribution in [0.1, 0.15) is 33.1 Å². The molecule has 2 rings (SSSR count). The minimum atomic E-state index is 0.0375. The second kappa shape index (κ2) is 2.73. The highest BCUT2D eigenvalue weighted by atomic mass is 16.2. The minimum Gasteiger partial charge on any atom is -0.323 e. The van der Waals surface area contributed by atoms with Gasteiger partial charge in [-0.3, -0.25) is 10.1 Å². The van der Waals surface area contributed by atoms with Crippen LogP contribution in [0, 0.1) is 0 Å². The lowest BCUT2D eigenvalue weighted by atomic mass is 10.3. The average molecular weight is 168 g/mol. The molecule has 12 heavy (non-hydrogen) atoms. The molecule has 0 aromatic rings. The maximum absolute atomic E-state index is 11.6. The molecule has 1 amide bonds. The van der Waals surface area contributed by atoms with Gasteiger partial charge in [0.15, 0.2) is 0 Å². The Morgan fingerprint density at radius 1 is 1.58 bits per heavy atom. The molecule has 68 valence electrons. The lowest BCUT2D eigenvalue weighted by molar-refractivity contribution is -0.130. The Labute approximate surface area is 73.1 Å². The third kappa shape index (κ3) is 1.12. The molecule has 0 aromatic heterocycles. The molecule has 1 saturated carbocycles. The van der Waals surface area contributed by atoms with Gasteiger partial charge >= 0.3 is 0 Å². The molecule has 0 aromatic carbocycles. The molecule has 1 aliphatic heterocycles. The number of nitrogens with one attached hydrogen (secondary N) is 1. The fourth-order valence-electron chi connectivity index (χ4n) is 1.92. The van der Waals surface area contributed by atoms with Crippen molar-refractivity contribution < 1.29 is 4.79 Å². The van der Waals surface area contributed by atoms with Crippen molar-refractivity contribution in [2.45, 2.75) is 51.4 Å². The Morgan fingerprint density at radius 3 is 2.75 bits per heavy atom. The number of carbonyl (C=O) groups is 1. The van der Waals surface area contributed by atoms with Crippen LogP contribution in [0.2, 0.25) is 0 Å². The van der Waals surface area contributed by atoms with Crippen LogP contribution in [0.5, 0.6) is 0 Å². The smallest absolute Gasteiger partial charge is 0.240 e. The summed E-state index contributed by atoms with van der Waals surface area (Å²) >= 11 is 0. The molecule has 2 fully saturated rings. The summed E-state index contributed by atoms with van der Waals surface area (Å²) in [7, 11) is 0. The molecule has 2 aliphatic rings. The standard InChI is InChI=1S/C9H16N2O/c1-3-8-10-6(2)9(12)11(8)7-4-5-7/h6-8,10H,3-5H2,1-2H3. The number of carbonyl (C=O) groups excluding carboxylic acids is 1. The van der Waals surface area contributed by atoms with Gasteiger partial charge in [-0.15, -0.1) is 0 Å². The maximum atomic E-state index is 11.6. The van der Waals surface area contributed by atoms with Gasteiger partial charge in [-0.2, -0.15) is 0 Å². The predicted octanol–water partition coefficient (Wildman–Crippen LogP) is 0.705. The highest BCUT2D eigenvalue weighted by Gasteiger charge is 2.43. The summed E-state index contributed by atoms with van der Waals surface area (Å²) in [5, 5.41) is 3.30. The summed E-state index contributed by atoms with van der Waals surface area (Å²) in [5.41, 5.74) is 0. The average Bonchev–Trinajstić information content (AvgIpc) is 2.82. The third-order valence-electron chi connectivity index (χ3n) is 2.73. The van der Waals surface area contributed by atoms with E-state index in [9.17, 15) is 4.79 Å². The Balaban J connectivity index is 2.10. The SMILES string of the molecule is CCC1NC(C)C(=O)N1C1CC1. The van der Waals surface area contributed by atoms with Crippen LogP contribution in [0.25, 0.3) is 0 Å². The third-order valence-corrected chi connectivity index (χ3v) is 2.73. The fourth-order valence-corrected chi connectivity index (χ4v) is 1.92. The Bertz CT molecular complexity index is 201. The van der Waals surface area contributed by atoms with Crippen LogP contribution in [-0.4, -0.2) is 29.1 Å². The number of amides is 1. The molecule has 1 saturated heterocycles. The molecule has 3 heteroatoms. The number of rotatable bonds is 2. The maximum Gasteiger partial charge on any atom is 0.240 e. The van der Waals surface area contributed by atoms with Gasteiger partial charge in [0, 0.05) is 6.04 Å². The molecule has 0 radical (unpaired) electrons. The van der Waals surface area contributed by atoms with Gasteiger partial charge in [0.2, 0.25) is 5.91 Å². The van der Waals surface area contributed by atoms with Gasteiger partial charge in [-0.05, 0) is 26.2 Å². The van der Waals surface area contributed by atoms with E-state index in [2.05, 4.69) is 12.2 Å². The van der Waals surface area contributed by atoms with Crippen molar-refractivity contribution in [1.82, 2.24) is 10.2 Å². The molecule has 1 aliphatic carbocycles. The lowest BCUT2D eigenvalue weighted by Gasteiger charge is -2.22. The number of hydrogen-bond acceptors (Lipinski definition) is 2. The summed E-state index contributed by atoms with van der Waals surface area (Å²) in [6.07, 6.45) is 3.74. The van der Waals surface area contributed by atoms with Gasteiger partial charge < -0.3 is 4.90 Å². The summed E-state index contributed by atoms with van der Waals surface area (Å²) < 4.78 is 0. The van der Waals surface area contributed by atoms with Crippen LogP contribution in [0.3, 0.4) is 0 Å². The van der Waals surface area contributed by atoms with E-state index in [1.54, 1.807) is 0 Å². The van der Waals surface area contributed by atoms with E-state index in [-0.39, 0.29) is 6.04 Å². The van der Waals surface area contributed by atoms with Gasteiger partial charge in [0.05, 0.1) is 12.2 Å². The monoisotopic (exact) mass is 168 g/mol. The summed E-state index contributed by atoms with van der Waals surface area (Å²) in [6, 6.07) is 0.593. The lowest BCUT2D eigenvalue weighted by Crippen LogP contribution is -2.38. The van der Waals surface area contributed by atoms with Crippen molar-refractivity contribution in [1.29, 1.82) is 0 Å². The molecule has 1 heterocycles. The topological polar surface area (TPSA) is 32.3 Å². The normalized spacial score (nSPS) is 36.2. The van der Waals surface area contributed by atoms with Crippen LogP contribution in [0.4, 0.5) is 0 Å². The summed E-state index contributed by atoms with van der Waals surface area (Å²) in [5.74, 6) is 0.296. The molecule has 0 spiro atoms.